The second-order valence-electron chi connectivity index (χ2n) is 6.37. The second-order valence-corrected chi connectivity index (χ2v) is 6.37. The Labute approximate surface area is 156 Å². The second kappa shape index (κ2) is 7.67. The van der Waals surface area contributed by atoms with Crippen molar-refractivity contribution in [2.24, 2.45) is 0 Å². The van der Waals surface area contributed by atoms with Crippen LogP contribution in [0.2, 0.25) is 0 Å². The lowest BCUT2D eigenvalue weighted by atomic mass is 10.0. The number of aromatic nitrogens is 3. The Balaban J connectivity index is 1.64. The zero-order valence-electron chi connectivity index (χ0n) is 14.7. The van der Waals surface area contributed by atoms with Crippen LogP contribution in [0, 0.1) is 5.82 Å². The van der Waals surface area contributed by atoms with Crippen LogP contribution < -0.4 is 15.5 Å². The maximum absolute atomic E-state index is 14.8. The Bertz CT molecular complexity index is 928. The molecule has 0 bridgehead atoms. The third kappa shape index (κ3) is 3.88. The molecule has 0 atom stereocenters. The number of benzene rings is 1. The van der Waals surface area contributed by atoms with Gasteiger partial charge in [0.15, 0.2) is 6.20 Å². The van der Waals surface area contributed by atoms with Gasteiger partial charge in [-0.05, 0) is 17.7 Å². The predicted molar refractivity (Wildman–Crippen MR) is 98.3 cm³/mol. The van der Waals surface area contributed by atoms with E-state index in [2.05, 4.69) is 15.0 Å². The number of anilines is 1. The number of hydrogen-bond donors (Lipinski definition) is 1. The number of aromatic amines is 1. The molecule has 6 nitrogen and oxygen atoms in total. The van der Waals surface area contributed by atoms with Crippen LogP contribution in [0.25, 0.3) is 22.3 Å². The summed E-state index contributed by atoms with van der Waals surface area (Å²) in [6.07, 6.45) is 6.59. The average molecular weight is 367 g/mol. The van der Waals surface area contributed by atoms with Gasteiger partial charge in [0.05, 0.1) is 18.8 Å². The fourth-order valence-corrected chi connectivity index (χ4v) is 3.10. The highest BCUT2D eigenvalue weighted by atomic mass is 19.1. The van der Waals surface area contributed by atoms with Crippen LogP contribution in [0.5, 0.6) is 5.88 Å². The maximum Gasteiger partial charge on any atom is 0.374 e. The van der Waals surface area contributed by atoms with Gasteiger partial charge >= 0.3 is 5.88 Å². The van der Waals surface area contributed by atoms with Gasteiger partial charge in [-0.2, -0.15) is 4.98 Å². The number of ether oxygens (including phenoxy) is 2. The zero-order valence-corrected chi connectivity index (χ0v) is 14.7. The first-order valence-electron chi connectivity index (χ1n) is 8.83. The van der Waals surface area contributed by atoms with E-state index in [4.69, 9.17) is 15.2 Å². The highest BCUT2D eigenvalue weighted by Gasteiger charge is 2.22. The monoisotopic (exact) mass is 367 g/mol. The van der Waals surface area contributed by atoms with Crippen LogP contribution in [0.4, 0.5) is 10.3 Å². The van der Waals surface area contributed by atoms with Crippen molar-refractivity contribution in [3.8, 4) is 28.1 Å². The molecule has 3 N–H and O–H groups in total. The summed E-state index contributed by atoms with van der Waals surface area (Å²) in [5.41, 5.74) is 8.03. The van der Waals surface area contributed by atoms with Crippen LogP contribution in [-0.4, -0.2) is 29.3 Å². The summed E-state index contributed by atoms with van der Waals surface area (Å²) >= 11 is 0. The van der Waals surface area contributed by atoms with E-state index in [0.29, 0.717) is 30.2 Å². The molecule has 27 heavy (non-hydrogen) atoms. The molecular formula is C20H20FN4O2+. The van der Waals surface area contributed by atoms with Gasteiger partial charge in [-0.3, -0.25) is 0 Å². The molecule has 1 aliphatic heterocycles. The van der Waals surface area contributed by atoms with E-state index in [0.717, 1.165) is 24.0 Å². The predicted octanol–water partition coefficient (Wildman–Crippen LogP) is 2.90. The van der Waals surface area contributed by atoms with Crippen molar-refractivity contribution in [1.29, 1.82) is 0 Å². The minimum atomic E-state index is -0.359. The van der Waals surface area contributed by atoms with Crippen molar-refractivity contribution < 1.29 is 18.8 Å². The van der Waals surface area contributed by atoms with Gasteiger partial charge < -0.3 is 15.2 Å². The lowest BCUT2D eigenvalue weighted by molar-refractivity contribution is -0.396. The van der Waals surface area contributed by atoms with E-state index in [1.165, 1.54) is 18.5 Å². The third-order valence-electron chi connectivity index (χ3n) is 4.53. The van der Waals surface area contributed by atoms with Crippen LogP contribution in [-0.2, 0) is 4.74 Å². The van der Waals surface area contributed by atoms with E-state index in [9.17, 15) is 4.39 Å². The molecule has 0 saturated carbocycles. The summed E-state index contributed by atoms with van der Waals surface area (Å²) in [7, 11) is 0. The van der Waals surface area contributed by atoms with E-state index in [1.54, 1.807) is 12.3 Å². The number of hydrogen-bond acceptors (Lipinski definition) is 5. The van der Waals surface area contributed by atoms with Gasteiger partial charge in [-0.15, -0.1) is 0 Å². The lowest BCUT2D eigenvalue weighted by Gasteiger charge is -2.21. The van der Waals surface area contributed by atoms with Crippen LogP contribution >= 0.6 is 0 Å². The van der Waals surface area contributed by atoms with Gasteiger partial charge in [0.2, 0.25) is 5.95 Å². The number of nitrogens with zero attached hydrogens (tertiary/aromatic N) is 2. The molecule has 1 saturated heterocycles. The van der Waals surface area contributed by atoms with E-state index in [1.807, 2.05) is 18.2 Å². The Morgan fingerprint density at radius 1 is 1.07 bits per heavy atom. The number of halogens is 1. The summed E-state index contributed by atoms with van der Waals surface area (Å²) in [6, 6.07) is 8.84. The molecule has 2 aromatic heterocycles. The summed E-state index contributed by atoms with van der Waals surface area (Å²) in [5.74, 6) is 0.430. The molecule has 3 heterocycles. The molecule has 0 aliphatic carbocycles. The van der Waals surface area contributed by atoms with Crippen molar-refractivity contribution in [3.63, 3.8) is 0 Å². The van der Waals surface area contributed by atoms with Gasteiger partial charge in [-0.25, -0.2) is 14.4 Å². The van der Waals surface area contributed by atoms with Gasteiger partial charge in [0.1, 0.15) is 11.9 Å². The summed E-state index contributed by atoms with van der Waals surface area (Å²) in [4.78, 5) is 11.0. The molecule has 0 radical (unpaired) electrons. The van der Waals surface area contributed by atoms with Crippen LogP contribution in [0.3, 0.4) is 0 Å². The fraction of sp³-hybridized carbons (Fsp3) is 0.250. The first-order chi connectivity index (χ1) is 13.2. The standard InChI is InChI=1S/C20H19FN4O2/c21-18-10-13(3-4-16(18)14-11-24-20(22)25-12-14)17-2-1-7-23-19(17)27-15-5-8-26-9-6-15/h1-4,7,10-12,15H,5-6,8-9H2,(H2,22,24,25)/p+1. The third-order valence-corrected chi connectivity index (χ3v) is 4.53. The van der Waals surface area contributed by atoms with Crippen molar-refractivity contribution >= 4 is 5.95 Å². The van der Waals surface area contributed by atoms with E-state index < -0.39 is 0 Å². The molecule has 4 rings (SSSR count). The smallest absolute Gasteiger partial charge is 0.374 e. The SMILES string of the molecule is Nc1ncc(-c2ccc(-c3ccc[nH+]c3OC3CCOCC3)cc2F)cn1. The number of nitrogen functional groups attached to an aromatic ring is 1. The minimum Gasteiger partial charge on any atom is -0.440 e. The topological polar surface area (TPSA) is 84.4 Å². The molecule has 7 heteroatoms. The van der Waals surface area contributed by atoms with Crippen molar-refractivity contribution in [2.45, 2.75) is 18.9 Å². The summed E-state index contributed by atoms with van der Waals surface area (Å²) < 4.78 is 26.2. The molecule has 138 valence electrons. The quantitative estimate of drug-likeness (QED) is 0.766. The Morgan fingerprint density at radius 2 is 1.85 bits per heavy atom. The maximum atomic E-state index is 14.8. The number of nitrogens with two attached hydrogens (primary N) is 1. The Hall–Kier alpha value is -3.06. The van der Waals surface area contributed by atoms with Crippen molar-refractivity contribution in [2.75, 3.05) is 18.9 Å². The summed E-state index contributed by atoms with van der Waals surface area (Å²) in [5, 5.41) is 0. The number of H-pyrrole nitrogens is 1. The first-order valence-corrected chi connectivity index (χ1v) is 8.83. The van der Waals surface area contributed by atoms with Gasteiger partial charge in [0.25, 0.3) is 0 Å². The zero-order chi connectivity index (χ0) is 18.6. The van der Waals surface area contributed by atoms with Crippen LogP contribution in [0.1, 0.15) is 12.8 Å². The normalized spacial score (nSPS) is 14.9. The van der Waals surface area contributed by atoms with E-state index >= 15 is 0 Å². The molecule has 3 aromatic rings. The van der Waals surface area contributed by atoms with Crippen molar-refractivity contribution in [1.82, 2.24) is 9.97 Å². The molecule has 0 unspecified atom stereocenters. The summed E-state index contributed by atoms with van der Waals surface area (Å²) in [6.45, 7) is 1.39. The lowest BCUT2D eigenvalue weighted by Crippen LogP contribution is -2.28. The number of pyridine rings is 1. The number of nitrogens with one attached hydrogen (secondary N) is 1. The van der Waals surface area contributed by atoms with Gasteiger partial charge in [-0.1, -0.05) is 12.1 Å². The average Bonchev–Trinajstić information content (AvgIpc) is 2.70. The molecule has 1 fully saturated rings. The highest BCUT2D eigenvalue weighted by Crippen LogP contribution is 2.31. The highest BCUT2D eigenvalue weighted by molar-refractivity contribution is 5.72. The fourth-order valence-electron chi connectivity index (χ4n) is 3.10. The Morgan fingerprint density at radius 3 is 2.59 bits per heavy atom. The molecular weight excluding hydrogens is 347 g/mol. The van der Waals surface area contributed by atoms with Gasteiger partial charge in [0, 0.05) is 42.4 Å². The molecule has 0 amide bonds. The van der Waals surface area contributed by atoms with Crippen molar-refractivity contribution in [3.05, 3.63) is 54.7 Å². The number of rotatable bonds is 4. The molecule has 1 aromatic carbocycles. The molecule has 1 aliphatic rings. The largest absolute Gasteiger partial charge is 0.440 e. The van der Waals surface area contributed by atoms with Crippen LogP contribution in [0.15, 0.2) is 48.9 Å². The minimum absolute atomic E-state index is 0.0900. The Kier molecular flexibility index (Phi) is 4.93. The molecule has 0 spiro atoms. The van der Waals surface area contributed by atoms with E-state index in [-0.39, 0.29) is 17.9 Å². The first kappa shape index (κ1) is 17.4.